The van der Waals surface area contributed by atoms with Crippen LogP contribution in [-0.2, 0) is 6.42 Å². The first kappa shape index (κ1) is 9.45. The summed E-state index contributed by atoms with van der Waals surface area (Å²) in [5, 5.41) is 0. The van der Waals surface area contributed by atoms with Gasteiger partial charge in [-0.3, -0.25) is 4.79 Å². The van der Waals surface area contributed by atoms with Gasteiger partial charge in [0, 0.05) is 6.42 Å². The van der Waals surface area contributed by atoms with Gasteiger partial charge in [-0.05, 0) is 12.1 Å². The van der Waals surface area contributed by atoms with Crippen molar-refractivity contribution < 1.29 is 9.21 Å². The summed E-state index contributed by atoms with van der Waals surface area (Å²) in [6.07, 6.45) is 2.22. The number of aromatic nitrogens is 1. The molecule has 0 aliphatic heterocycles. The molecule has 1 heterocycles. The van der Waals surface area contributed by atoms with Crippen LogP contribution < -0.4 is 5.73 Å². The molecule has 0 unspecified atom stereocenters. The summed E-state index contributed by atoms with van der Waals surface area (Å²) in [4.78, 5) is 15.3. The molecule has 0 aliphatic carbocycles. The number of benzene rings is 1. The van der Waals surface area contributed by atoms with Crippen LogP contribution in [0, 0.1) is 0 Å². The molecule has 4 nitrogen and oxygen atoms in total. The molecule has 2 rings (SSSR count). The van der Waals surface area contributed by atoms with Gasteiger partial charge in [0.25, 0.3) is 5.91 Å². The van der Waals surface area contributed by atoms with E-state index in [0.717, 1.165) is 0 Å². The van der Waals surface area contributed by atoms with Crippen LogP contribution in [0.1, 0.15) is 16.2 Å². The van der Waals surface area contributed by atoms with Crippen molar-refractivity contribution in [3.05, 3.63) is 42.3 Å². The fraction of sp³-hybridized carbons (Fsp3) is 0.0909. The van der Waals surface area contributed by atoms with Gasteiger partial charge in [-0.1, -0.05) is 12.1 Å². The van der Waals surface area contributed by atoms with Crippen molar-refractivity contribution in [2.45, 2.75) is 6.42 Å². The van der Waals surface area contributed by atoms with Gasteiger partial charge in [-0.25, -0.2) is 4.98 Å². The third-order valence-electron chi connectivity index (χ3n) is 2.05. The standard InChI is InChI=1S/C11H10N2O2/c1-2-4-9-13-10-7(11(12)14)5-3-6-8(10)15-9/h2-3,5-6H,1,4H2,(H2,12,14). The minimum absolute atomic E-state index is 0.381. The van der Waals surface area contributed by atoms with Gasteiger partial charge in [0.05, 0.1) is 5.56 Å². The molecule has 1 aromatic heterocycles. The van der Waals surface area contributed by atoms with Crippen molar-refractivity contribution in [2.75, 3.05) is 0 Å². The molecule has 76 valence electrons. The van der Waals surface area contributed by atoms with Crippen LogP contribution in [0.15, 0.2) is 35.3 Å². The highest BCUT2D eigenvalue weighted by atomic mass is 16.3. The van der Waals surface area contributed by atoms with E-state index in [2.05, 4.69) is 11.6 Å². The van der Waals surface area contributed by atoms with E-state index >= 15 is 0 Å². The van der Waals surface area contributed by atoms with Crippen LogP contribution >= 0.6 is 0 Å². The normalized spacial score (nSPS) is 10.4. The first-order chi connectivity index (χ1) is 7.22. The Hall–Kier alpha value is -2.10. The van der Waals surface area contributed by atoms with E-state index in [1.807, 2.05) is 0 Å². The first-order valence-electron chi connectivity index (χ1n) is 4.51. The first-order valence-corrected chi connectivity index (χ1v) is 4.51. The molecule has 0 fully saturated rings. The second kappa shape index (κ2) is 3.57. The molecule has 15 heavy (non-hydrogen) atoms. The van der Waals surface area contributed by atoms with Gasteiger partial charge < -0.3 is 10.2 Å². The van der Waals surface area contributed by atoms with Crippen LogP contribution in [0.5, 0.6) is 0 Å². The number of hydrogen-bond donors (Lipinski definition) is 1. The van der Waals surface area contributed by atoms with Gasteiger partial charge in [-0.2, -0.15) is 0 Å². The number of hydrogen-bond acceptors (Lipinski definition) is 3. The minimum Gasteiger partial charge on any atom is -0.440 e. The van der Waals surface area contributed by atoms with E-state index < -0.39 is 5.91 Å². The summed E-state index contributed by atoms with van der Waals surface area (Å²) in [5.74, 6) is 0.0350. The summed E-state index contributed by atoms with van der Waals surface area (Å²) in [6, 6.07) is 5.09. The lowest BCUT2D eigenvalue weighted by Gasteiger charge is -1.93. The van der Waals surface area contributed by atoms with Gasteiger partial charge in [-0.15, -0.1) is 6.58 Å². The Morgan fingerprint density at radius 1 is 1.60 bits per heavy atom. The lowest BCUT2D eigenvalue weighted by molar-refractivity contribution is 0.100. The number of oxazole rings is 1. The number of nitrogens with zero attached hydrogens (tertiary/aromatic N) is 1. The summed E-state index contributed by atoms with van der Waals surface area (Å²) in [7, 11) is 0. The zero-order chi connectivity index (χ0) is 10.8. The highest BCUT2D eigenvalue weighted by Crippen LogP contribution is 2.19. The maximum absolute atomic E-state index is 11.1. The Morgan fingerprint density at radius 2 is 2.40 bits per heavy atom. The zero-order valence-corrected chi connectivity index (χ0v) is 8.06. The van der Waals surface area contributed by atoms with Gasteiger partial charge in [0.1, 0.15) is 5.52 Å². The summed E-state index contributed by atoms with van der Waals surface area (Å²) < 4.78 is 5.41. The quantitative estimate of drug-likeness (QED) is 0.769. The molecule has 1 amide bonds. The Kier molecular flexibility index (Phi) is 2.25. The highest BCUT2D eigenvalue weighted by Gasteiger charge is 2.11. The van der Waals surface area contributed by atoms with Gasteiger partial charge in [0.2, 0.25) is 0 Å². The molecule has 0 spiro atoms. The molecule has 2 N–H and O–H groups in total. The maximum Gasteiger partial charge on any atom is 0.251 e. The maximum atomic E-state index is 11.1. The number of amides is 1. The second-order valence-corrected chi connectivity index (χ2v) is 3.12. The van der Waals surface area contributed by atoms with E-state index in [1.165, 1.54) is 0 Å². The van der Waals surface area contributed by atoms with Crippen LogP contribution in [0.4, 0.5) is 0 Å². The lowest BCUT2D eigenvalue weighted by Crippen LogP contribution is -2.11. The summed E-state index contributed by atoms with van der Waals surface area (Å²) in [6.45, 7) is 3.59. The molecule has 4 heteroatoms. The van der Waals surface area contributed by atoms with E-state index in [1.54, 1.807) is 24.3 Å². The molecule has 0 atom stereocenters. The van der Waals surface area contributed by atoms with Crippen molar-refractivity contribution in [1.82, 2.24) is 4.98 Å². The van der Waals surface area contributed by atoms with Gasteiger partial charge in [0.15, 0.2) is 11.5 Å². The smallest absolute Gasteiger partial charge is 0.251 e. The molecule has 0 aliphatic rings. The van der Waals surface area contributed by atoms with E-state index in [-0.39, 0.29) is 0 Å². The summed E-state index contributed by atoms with van der Waals surface area (Å²) in [5.41, 5.74) is 6.69. The van der Waals surface area contributed by atoms with Crippen LogP contribution in [0.3, 0.4) is 0 Å². The zero-order valence-electron chi connectivity index (χ0n) is 8.06. The van der Waals surface area contributed by atoms with Crippen molar-refractivity contribution in [2.24, 2.45) is 5.73 Å². The molecular weight excluding hydrogens is 192 g/mol. The molecular formula is C11H10N2O2. The van der Waals surface area contributed by atoms with Crippen molar-refractivity contribution in [1.29, 1.82) is 0 Å². The Bertz CT molecular complexity index is 528. The number of allylic oxidation sites excluding steroid dienone is 1. The van der Waals surface area contributed by atoms with Crippen molar-refractivity contribution in [3.63, 3.8) is 0 Å². The number of primary amides is 1. The lowest BCUT2D eigenvalue weighted by atomic mass is 10.2. The third kappa shape index (κ3) is 1.61. The Balaban J connectivity index is 2.64. The third-order valence-corrected chi connectivity index (χ3v) is 2.05. The van der Waals surface area contributed by atoms with Gasteiger partial charge >= 0.3 is 0 Å². The van der Waals surface area contributed by atoms with Crippen LogP contribution in [0.25, 0.3) is 11.1 Å². The predicted molar refractivity (Wildman–Crippen MR) is 56.4 cm³/mol. The number of nitrogens with two attached hydrogens (primary N) is 1. The molecule has 1 aromatic carbocycles. The van der Waals surface area contributed by atoms with Crippen LogP contribution in [-0.4, -0.2) is 10.9 Å². The number of fused-ring (bicyclic) bond motifs is 1. The summed E-state index contributed by atoms with van der Waals surface area (Å²) >= 11 is 0. The largest absolute Gasteiger partial charge is 0.440 e. The number of carbonyl (C=O) groups excluding carboxylic acids is 1. The highest BCUT2D eigenvalue weighted by molar-refractivity contribution is 6.03. The average molecular weight is 202 g/mol. The van der Waals surface area contributed by atoms with E-state index in [4.69, 9.17) is 10.2 Å². The molecule has 0 saturated heterocycles. The number of carbonyl (C=O) groups is 1. The topological polar surface area (TPSA) is 69.1 Å². The Morgan fingerprint density at radius 3 is 3.07 bits per heavy atom. The SMILES string of the molecule is C=CCc1nc2c(C(N)=O)cccc2o1. The molecule has 2 aromatic rings. The molecule has 0 bridgehead atoms. The second-order valence-electron chi connectivity index (χ2n) is 3.12. The monoisotopic (exact) mass is 202 g/mol. The minimum atomic E-state index is -0.501. The van der Waals surface area contributed by atoms with Crippen molar-refractivity contribution >= 4 is 17.0 Å². The average Bonchev–Trinajstić information content (AvgIpc) is 2.59. The predicted octanol–water partition coefficient (Wildman–Crippen LogP) is 1.66. The van der Waals surface area contributed by atoms with Crippen LogP contribution in [0.2, 0.25) is 0 Å². The number of para-hydroxylation sites is 1. The fourth-order valence-electron chi connectivity index (χ4n) is 1.40. The molecule has 0 radical (unpaired) electrons. The Labute approximate surface area is 86.4 Å². The number of rotatable bonds is 3. The van der Waals surface area contributed by atoms with E-state index in [0.29, 0.717) is 29.0 Å². The van der Waals surface area contributed by atoms with E-state index in [9.17, 15) is 4.79 Å². The fourth-order valence-corrected chi connectivity index (χ4v) is 1.40. The molecule has 0 saturated carbocycles. The van der Waals surface area contributed by atoms with Crippen molar-refractivity contribution in [3.8, 4) is 0 Å².